The standard InChI is InChI=1S/C18H18N4O/c23-18-15(14-5-1-2-6-16(14)20-18)13-21-9-11-22(12-10-21)17-7-3-4-8-19-17/h1-8,13H,9-12H2,(H,20,23)/b15-13+. The zero-order valence-corrected chi connectivity index (χ0v) is 12.8. The van der Waals surface area contributed by atoms with Crippen molar-refractivity contribution >= 4 is 23.0 Å². The van der Waals surface area contributed by atoms with Crippen molar-refractivity contribution in [3.8, 4) is 0 Å². The maximum Gasteiger partial charge on any atom is 0.257 e. The number of amides is 1. The normalized spacial score (nSPS) is 19.0. The minimum atomic E-state index is -0.0154. The molecule has 3 heterocycles. The molecule has 5 heteroatoms. The van der Waals surface area contributed by atoms with Crippen LogP contribution in [0.4, 0.5) is 11.5 Å². The van der Waals surface area contributed by atoms with E-state index in [-0.39, 0.29) is 5.91 Å². The molecular weight excluding hydrogens is 288 g/mol. The number of fused-ring (bicyclic) bond motifs is 1. The van der Waals surface area contributed by atoms with Crippen LogP contribution in [0.5, 0.6) is 0 Å². The van der Waals surface area contributed by atoms with E-state index in [9.17, 15) is 4.79 Å². The number of piperazine rings is 1. The number of pyridine rings is 1. The van der Waals surface area contributed by atoms with Gasteiger partial charge in [0, 0.05) is 49.8 Å². The van der Waals surface area contributed by atoms with Crippen molar-refractivity contribution in [2.45, 2.75) is 0 Å². The highest BCUT2D eigenvalue weighted by atomic mass is 16.2. The van der Waals surface area contributed by atoms with Gasteiger partial charge in [-0.15, -0.1) is 0 Å². The number of hydrogen-bond donors (Lipinski definition) is 1. The number of carbonyl (C=O) groups is 1. The summed E-state index contributed by atoms with van der Waals surface area (Å²) in [5, 5.41) is 2.92. The second-order valence-electron chi connectivity index (χ2n) is 5.75. The van der Waals surface area contributed by atoms with E-state index in [4.69, 9.17) is 0 Å². The number of benzene rings is 1. The Morgan fingerprint density at radius 1 is 1.00 bits per heavy atom. The number of nitrogens with zero attached hydrogens (tertiary/aromatic N) is 3. The molecule has 116 valence electrons. The Balaban J connectivity index is 1.48. The van der Waals surface area contributed by atoms with E-state index in [2.05, 4.69) is 20.1 Å². The van der Waals surface area contributed by atoms with Gasteiger partial charge in [-0.1, -0.05) is 24.3 Å². The van der Waals surface area contributed by atoms with Crippen LogP contribution in [0.3, 0.4) is 0 Å². The lowest BCUT2D eigenvalue weighted by atomic mass is 10.1. The lowest BCUT2D eigenvalue weighted by Crippen LogP contribution is -2.44. The van der Waals surface area contributed by atoms with Crippen molar-refractivity contribution in [1.29, 1.82) is 0 Å². The molecule has 0 spiro atoms. The largest absolute Gasteiger partial charge is 0.373 e. The summed E-state index contributed by atoms with van der Waals surface area (Å²) in [5.41, 5.74) is 2.65. The van der Waals surface area contributed by atoms with Crippen LogP contribution in [0.2, 0.25) is 0 Å². The van der Waals surface area contributed by atoms with Gasteiger partial charge in [0.05, 0.1) is 5.57 Å². The Hall–Kier alpha value is -2.82. The third-order valence-corrected chi connectivity index (χ3v) is 4.31. The fourth-order valence-electron chi connectivity index (χ4n) is 3.07. The monoisotopic (exact) mass is 306 g/mol. The van der Waals surface area contributed by atoms with Gasteiger partial charge in [0.25, 0.3) is 5.91 Å². The van der Waals surface area contributed by atoms with E-state index in [1.54, 1.807) is 0 Å². The highest BCUT2D eigenvalue weighted by Crippen LogP contribution is 2.31. The molecule has 1 aromatic heterocycles. The minimum Gasteiger partial charge on any atom is -0.373 e. The maximum absolute atomic E-state index is 12.2. The van der Waals surface area contributed by atoms with Crippen LogP contribution in [0.15, 0.2) is 54.9 Å². The van der Waals surface area contributed by atoms with E-state index < -0.39 is 0 Å². The summed E-state index contributed by atoms with van der Waals surface area (Å²) in [5.74, 6) is 1.00. The molecule has 4 rings (SSSR count). The molecule has 1 aromatic carbocycles. The lowest BCUT2D eigenvalue weighted by molar-refractivity contribution is -0.110. The van der Waals surface area contributed by atoms with E-state index in [0.29, 0.717) is 0 Å². The van der Waals surface area contributed by atoms with Crippen molar-refractivity contribution in [2.75, 3.05) is 36.4 Å². The van der Waals surface area contributed by atoms with Gasteiger partial charge in [0.1, 0.15) is 5.82 Å². The number of para-hydroxylation sites is 1. The van der Waals surface area contributed by atoms with Crippen LogP contribution in [0.25, 0.3) is 5.57 Å². The number of anilines is 2. The van der Waals surface area contributed by atoms with Crippen LogP contribution in [0, 0.1) is 0 Å². The Kier molecular flexibility index (Phi) is 3.46. The Labute approximate surface area is 135 Å². The quantitative estimate of drug-likeness (QED) is 0.864. The van der Waals surface area contributed by atoms with Crippen molar-refractivity contribution in [2.24, 2.45) is 0 Å². The first kappa shape index (κ1) is 13.8. The SMILES string of the molecule is O=C1Nc2ccccc2/C1=C\N1CCN(c2ccccn2)CC1. The zero-order valence-electron chi connectivity index (χ0n) is 12.8. The molecule has 1 amide bonds. The van der Waals surface area contributed by atoms with Crippen molar-refractivity contribution in [1.82, 2.24) is 9.88 Å². The predicted molar refractivity (Wildman–Crippen MR) is 91.1 cm³/mol. The molecule has 0 saturated carbocycles. The Morgan fingerprint density at radius 3 is 2.57 bits per heavy atom. The summed E-state index contributed by atoms with van der Waals surface area (Å²) in [6.45, 7) is 3.58. The van der Waals surface area contributed by atoms with Crippen molar-refractivity contribution in [3.05, 3.63) is 60.4 Å². The molecule has 1 N–H and O–H groups in total. The molecule has 0 atom stereocenters. The van der Waals surface area contributed by atoms with Crippen LogP contribution in [-0.2, 0) is 4.79 Å². The van der Waals surface area contributed by atoms with Gasteiger partial charge in [-0.25, -0.2) is 4.98 Å². The van der Waals surface area contributed by atoms with Crippen LogP contribution in [-0.4, -0.2) is 42.0 Å². The topological polar surface area (TPSA) is 48.5 Å². The predicted octanol–water partition coefficient (Wildman–Crippen LogP) is 2.20. The highest BCUT2D eigenvalue weighted by molar-refractivity contribution is 6.31. The average molecular weight is 306 g/mol. The first-order chi connectivity index (χ1) is 11.3. The lowest BCUT2D eigenvalue weighted by Gasteiger charge is -2.35. The number of rotatable bonds is 2. The van der Waals surface area contributed by atoms with Crippen LogP contribution < -0.4 is 10.2 Å². The van der Waals surface area contributed by atoms with Crippen molar-refractivity contribution < 1.29 is 4.79 Å². The third kappa shape index (κ3) is 2.65. The van der Waals surface area contributed by atoms with Gasteiger partial charge in [-0.2, -0.15) is 0 Å². The summed E-state index contributed by atoms with van der Waals surface area (Å²) in [4.78, 5) is 21.1. The molecule has 2 aromatic rings. The van der Waals surface area contributed by atoms with Crippen LogP contribution in [0.1, 0.15) is 5.56 Å². The molecule has 2 aliphatic rings. The number of carbonyl (C=O) groups excluding carboxylic acids is 1. The smallest absolute Gasteiger partial charge is 0.257 e. The van der Waals surface area contributed by atoms with Crippen molar-refractivity contribution in [3.63, 3.8) is 0 Å². The van der Waals surface area contributed by atoms with E-state index in [1.807, 2.05) is 54.9 Å². The maximum atomic E-state index is 12.2. The fourth-order valence-corrected chi connectivity index (χ4v) is 3.07. The number of aromatic nitrogens is 1. The number of hydrogen-bond acceptors (Lipinski definition) is 4. The minimum absolute atomic E-state index is 0.0154. The summed E-state index contributed by atoms with van der Waals surface area (Å²) >= 11 is 0. The molecule has 2 aliphatic heterocycles. The van der Waals surface area contributed by atoms with Crippen LogP contribution >= 0.6 is 0 Å². The van der Waals surface area contributed by atoms with Gasteiger partial charge in [0.15, 0.2) is 0 Å². The van der Waals surface area contributed by atoms with Gasteiger partial charge in [-0.3, -0.25) is 4.79 Å². The second-order valence-corrected chi connectivity index (χ2v) is 5.75. The molecular formula is C18H18N4O. The first-order valence-corrected chi connectivity index (χ1v) is 7.84. The summed E-state index contributed by atoms with van der Waals surface area (Å²) in [6.07, 6.45) is 3.82. The molecule has 0 aliphatic carbocycles. The van der Waals surface area contributed by atoms with E-state index in [1.165, 1.54) is 0 Å². The highest BCUT2D eigenvalue weighted by Gasteiger charge is 2.25. The van der Waals surface area contributed by atoms with Gasteiger partial charge in [0.2, 0.25) is 0 Å². The Bertz CT molecular complexity index is 749. The second kappa shape index (κ2) is 5.76. The Morgan fingerprint density at radius 2 is 1.78 bits per heavy atom. The summed E-state index contributed by atoms with van der Waals surface area (Å²) in [6, 6.07) is 13.8. The summed E-state index contributed by atoms with van der Waals surface area (Å²) < 4.78 is 0. The molecule has 0 unspecified atom stereocenters. The van der Waals surface area contributed by atoms with Gasteiger partial charge >= 0.3 is 0 Å². The average Bonchev–Trinajstić information content (AvgIpc) is 2.92. The molecule has 1 saturated heterocycles. The fraction of sp³-hybridized carbons (Fsp3) is 0.222. The zero-order chi connectivity index (χ0) is 15.6. The van der Waals surface area contributed by atoms with Gasteiger partial charge < -0.3 is 15.1 Å². The number of nitrogens with one attached hydrogen (secondary N) is 1. The van der Waals surface area contributed by atoms with E-state index >= 15 is 0 Å². The first-order valence-electron chi connectivity index (χ1n) is 7.84. The molecule has 1 fully saturated rings. The molecule has 23 heavy (non-hydrogen) atoms. The summed E-state index contributed by atoms with van der Waals surface area (Å²) in [7, 11) is 0. The van der Waals surface area contributed by atoms with Gasteiger partial charge in [-0.05, 0) is 18.2 Å². The molecule has 0 bridgehead atoms. The van der Waals surface area contributed by atoms with E-state index in [0.717, 1.165) is 48.8 Å². The molecule has 5 nitrogen and oxygen atoms in total. The third-order valence-electron chi connectivity index (χ3n) is 4.31. The molecule has 0 radical (unpaired) electrons.